The minimum Gasteiger partial charge on any atom is -0.395 e. The van der Waals surface area contributed by atoms with Crippen molar-refractivity contribution in [3.63, 3.8) is 0 Å². The van der Waals surface area contributed by atoms with E-state index in [0.29, 0.717) is 22.2 Å². The predicted molar refractivity (Wildman–Crippen MR) is 80.5 cm³/mol. The molecule has 1 unspecified atom stereocenters. The molecule has 0 spiro atoms. The summed E-state index contributed by atoms with van der Waals surface area (Å²) in [6.07, 6.45) is 2.14. The van der Waals surface area contributed by atoms with Crippen LogP contribution in [0, 0.1) is 0 Å². The summed E-state index contributed by atoms with van der Waals surface area (Å²) in [7, 11) is 0. The SMILES string of the molecule is O=C(c1c(Cl)cccc1Cl)N(CCO)CC1CCCN1. The number of halogens is 2. The van der Waals surface area contributed by atoms with Gasteiger partial charge in [0.15, 0.2) is 0 Å². The zero-order valence-corrected chi connectivity index (χ0v) is 12.6. The van der Waals surface area contributed by atoms with E-state index in [2.05, 4.69) is 5.32 Å². The number of aliphatic hydroxyl groups excluding tert-OH is 1. The van der Waals surface area contributed by atoms with E-state index in [1.54, 1.807) is 23.1 Å². The first kappa shape index (κ1) is 15.6. The summed E-state index contributed by atoms with van der Waals surface area (Å²) in [5.41, 5.74) is 0.308. The summed E-state index contributed by atoms with van der Waals surface area (Å²) in [4.78, 5) is 14.2. The molecule has 2 rings (SSSR count). The Kier molecular flexibility index (Phi) is 5.66. The molecule has 0 bridgehead atoms. The molecule has 4 nitrogen and oxygen atoms in total. The third-order valence-electron chi connectivity index (χ3n) is 3.44. The number of amides is 1. The molecule has 1 amide bonds. The van der Waals surface area contributed by atoms with Crippen molar-refractivity contribution in [2.75, 3.05) is 26.2 Å². The molecule has 1 atom stereocenters. The number of nitrogens with zero attached hydrogens (tertiary/aromatic N) is 1. The van der Waals surface area contributed by atoms with E-state index < -0.39 is 0 Å². The van der Waals surface area contributed by atoms with Gasteiger partial charge < -0.3 is 15.3 Å². The first-order valence-electron chi connectivity index (χ1n) is 6.71. The van der Waals surface area contributed by atoms with E-state index in [1.165, 1.54) is 0 Å². The van der Waals surface area contributed by atoms with Crippen LogP contribution in [0.1, 0.15) is 23.2 Å². The Balaban J connectivity index is 2.17. The summed E-state index contributed by atoms with van der Waals surface area (Å²) in [5.74, 6) is -0.233. The van der Waals surface area contributed by atoms with Gasteiger partial charge in [0.05, 0.1) is 22.2 Å². The van der Waals surface area contributed by atoms with Gasteiger partial charge in [-0.25, -0.2) is 0 Å². The van der Waals surface area contributed by atoms with Gasteiger partial charge in [-0.3, -0.25) is 4.79 Å². The molecule has 6 heteroatoms. The number of carbonyl (C=O) groups is 1. The Morgan fingerprint density at radius 3 is 2.65 bits per heavy atom. The fourth-order valence-corrected chi connectivity index (χ4v) is 2.99. The average Bonchev–Trinajstić information content (AvgIpc) is 2.91. The van der Waals surface area contributed by atoms with Gasteiger partial charge in [-0.05, 0) is 31.5 Å². The molecule has 1 fully saturated rings. The summed E-state index contributed by atoms with van der Waals surface area (Å²) in [6, 6.07) is 5.26. The first-order valence-corrected chi connectivity index (χ1v) is 7.46. The molecule has 0 aliphatic carbocycles. The van der Waals surface area contributed by atoms with Gasteiger partial charge >= 0.3 is 0 Å². The standard InChI is InChI=1S/C14H18Cl2N2O2/c15-11-4-1-5-12(16)13(11)14(20)18(7-8-19)9-10-3-2-6-17-10/h1,4-5,10,17,19H,2-3,6-9H2. The summed E-state index contributed by atoms with van der Waals surface area (Å²) >= 11 is 12.2. The lowest BCUT2D eigenvalue weighted by molar-refractivity contribution is 0.0707. The Morgan fingerprint density at radius 2 is 2.10 bits per heavy atom. The second-order valence-electron chi connectivity index (χ2n) is 4.86. The first-order chi connectivity index (χ1) is 9.63. The van der Waals surface area contributed by atoms with Crippen LogP contribution < -0.4 is 5.32 Å². The van der Waals surface area contributed by atoms with Gasteiger partial charge in [0.2, 0.25) is 0 Å². The van der Waals surface area contributed by atoms with Crippen molar-refractivity contribution in [1.29, 1.82) is 0 Å². The molecule has 1 aromatic carbocycles. The van der Waals surface area contributed by atoms with Crippen molar-refractivity contribution in [2.24, 2.45) is 0 Å². The maximum Gasteiger partial charge on any atom is 0.257 e. The molecule has 0 saturated carbocycles. The number of aliphatic hydroxyl groups is 1. The quantitative estimate of drug-likeness (QED) is 0.875. The van der Waals surface area contributed by atoms with Gasteiger partial charge in [-0.1, -0.05) is 29.3 Å². The van der Waals surface area contributed by atoms with Gasteiger partial charge in [-0.2, -0.15) is 0 Å². The van der Waals surface area contributed by atoms with Crippen molar-refractivity contribution in [3.05, 3.63) is 33.8 Å². The highest BCUT2D eigenvalue weighted by molar-refractivity contribution is 6.39. The van der Waals surface area contributed by atoms with Gasteiger partial charge in [-0.15, -0.1) is 0 Å². The van der Waals surface area contributed by atoms with Crippen LogP contribution in [0.15, 0.2) is 18.2 Å². The average molecular weight is 317 g/mol. The number of rotatable bonds is 5. The Bertz CT molecular complexity index is 456. The van der Waals surface area contributed by atoms with Crippen LogP contribution in [0.4, 0.5) is 0 Å². The largest absolute Gasteiger partial charge is 0.395 e. The summed E-state index contributed by atoms with van der Waals surface area (Å²) < 4.78 is 0. The fourth-order valence-electron chi connectivity index (χ4n) is 2.44. The maximum absolute atomic E-state index is 12.6. The number of hydrogen-bond donors (Lipinski definition) is 2. The highest BCUT2D eigenvalue weighted by Gasteiger charge is 2.24. The van der Waals surface area contributed by atoms with Crippen molar-refractivity contribution >= 4 is 29.1 Å². The monoisotopic (exact) mass is 316 g/mol. The number of carbonyl (C=O) groups excluding carboxylic acids is 1. The molecular weight excluding hydrogens is 299 g/mol. The fraction of sp³-hybridized carbons (Fsp3) is 0.500. The number of hydrogen-bond acceptors (Lipinski definition) is 3. The molecule has 1 aliphatic rings. The van der Waals surface area contributed by atoms with Crippen LogP contribution in [-0.2, 0) is 0 Å². The smallest absolute Gasteiger partial charge is 0.257 e. The lowest BCUT2D eigenvalue weighted by Crippen LogP contribution is -2.42. The van der Waals surface area contributed by atoms with Crippen molar-refractivity contribution in [3.8, 4) is 0 Å². The normalized spacial score (nSPS) is 18.2. The zero-order chi connectivity index (χ0) is 14.5. The molecule has 1 saturated heterocycles. The molecule has 2 N–H and O–H groups in total. The molecule has 1 heterocycles. The van der Waals surface area contributed by atoms with Crippen molar-refractivity contribution in [1.82, 2.24) is 10.2 Å². The molecule has 0 aromatic heterocycles. The topological polar surface area (TPSA) is 52.6 Å². The second-order valence-corrected chi connectivity index (χ2v) is 5.68. The minimum atomic E-state index is -0.233. The van der Waals surface area contributed by atoms with Crippen LogP contribution in [0.2, 0.25) is 10.0 Å². The lowest BCUT2D eigenvalue weighted by Gasteiger charge is -2.26. The van der Waals surface area contributed by atoms with E-state index in [4.69, 9.17) is 28.3 Å². The summed E-state index contributed by atoms with van der Waals surface area (Å²) in [6.45, 7) is 1.72. The Hall–Kier alpha value is -0.810. The minimum absolute atomic E-state index is 0.0828. The summed E-state index contributed by atoms with van der Waals surface area (Å²) in [5, 5.41) is 13.2. The molecular formula is C14H18Cl2N2O2. The van der Waals surface area contributed by atoms with Crippen LogP contribution in [-0.4, -0.2) is 48.2 Å². The van der Waals surface area contributed by atoms with E-state index in [-0.39, 0.29) is 25.1 Å². The van der Waals surface area contributed by atoms with E-state index in [0.717, 1.165) is 19.4 Å². The molecule has 1 aromatic rings. The van der Waals surface area contributed by atoms with Gasteiger partial charge in [0.25, 0.3) is 5.91 Å². The van der Waals surface area contributed by atoms with E-state index >= 15 is 0 Å². The predicted octanol–water partition coefficient (Wildman–Crippen LogP) is 2.18. The third-order valence-corrected chi connectivity index (χ3v) is 4.07. The van der Waals surface area contributed by atoms with E-state index in [1.807, 2.05) is 0 Å². The lowest BCUT2D eigenvalue weighted by atomic mass is 10.1. The molecule has 110 valence electrons. The maximum atomic E-state index is 12.6. The Labute approximate surface area is 128 Å². The van der Waals surface area contributed by atoms with Crippen LogP contribution >= 0.6 is 23.2 Å². The van der Waals surface area contributed by atoms with Crippen molar-refractivity contribution in [2.45, 2.75) is 18.9 Å². The highest BCUT2D eigenvalue weighted by Crippen LogP contribution is 2.26. The van der Waals surface area contributed by atoms with Gasteiger partial charge in [0, 0.05) is 19.1 Å². The van der Waals surface area contributed by atoms with Crippen LogP contribution in [0.3, 0.4) is 0 Å². The third kappa shape index (κ3) is 3.64. The number of nitrogens with one attached hydrogen (secondary N) is 1. The Morgan fingerprint density at radius 1 is 1.40 bits per heavy atom. The van der Waals surface area contributed by atoms with Crippen LogP contribution in [0.5, 0.6) is 0 Å². The highest BCUT2D eigenvalue weighted by atomic mass is 35.5. The van der Waals surface area contributed by atoms with Crippen LogP contribution in [0.25, 0.3) is 0 Å². The molecule has 0 radical (unpaired) electrons. The van der Waals surface area contributed by atoms with E-state index in [9.17, 15) is 4.79 Å². The van der Waals surface area contributed by atoms with Crippen molar-refractivity contribution < 1.29 is 9.90 Å². The number of benzene rings is 1. The van der Waals surface area contributed by atoms with Gasteiger partial charge in [0.1, 0.15) is 0 Å². The second kappa shape index (κ2) is 7.27. The molecule has 1 aliphatic heterocycles. The molecule has 20 heavy (non-hydrogen) atoms. The zero-order valence-electron chi connectivity index (χ0n) is 11.1.